The highest BCUT2D eigenvalue weighted by Crippen LogP contribution is 2.29. The highest BCUT2D eigenvalue weighted by Gasteiger charge is 2.20. The summed E-state index contributed by atoms with van der Waals surface area (Å²) in [6.45, 7) is 10.7. The maximum atomic E-state index is 4.77. The lowest BCUT2D eigenvalue weighted by Gasteiger charge is -2.26. The third-order valence-corrected chi connectivity index (χ3v) is 4.78. The largest absolute Gasteiger partial charge is 0.295 e. The second-order valence-electron chi connectivity index (χ2n) is 6.28. The monoisotopic (exact) mass is 309 g/mol. The van der Waals surface area contributed by atoms with Crippen molar-refractivity contribution in [1.82, 2.24) is 14.7 Å². The summed E-state index contributed by atoms with van der Waals surface area (Å²) in [5.41, 5.74) is 6.88. The first kappa shape index (κ1) is 16.0. The molecule has 3 rings (SSSR count). The molecule has 0 atom stereocenters. The van der Waals surface area contributed by atoms with E-state index in [1.54, 1.807) is 0 Å². The van der Waals surface area contributed by atoms with Gasteiger partial charge < -0.3 is 0 Å². The van der Waals surface area contributed by atoms with Crippen LogP contribution in [0.15, 0.2) is 36.4 Å². The standard InChI is InChI=1S/C20H27N3/c1-4-19-20(16(3)23(5-2)21-19)18-11-13-22(14-12-18)15-17-9-7-6-8-10-17/h6-11H,4-5,12-15H2,1-3H3. The highest BCUT2D eigenvalue weighted by atomic mass is 15.3. The molecule has 122 valence electrons. The van der Waals surface area contributed by atoms with Crippen LogP contribution in [0, 0.1) is 6.92 Å². The molecule has 1 aliphatic heterocycles. The molecule has 0 bridgehead atoms. The molecule has 0 spiro atoms. The summed E-state index contributed by atoms with van der Waals surface area (Å²) in [6.07, 6.45) is 4.54. The molecule has 0 saturated heterocycles. The number of aryl methyl sites for hydroxylation is 2. The van der Waals surface area contributed by atoms with Gasteiger partial charge in [-0.1, -0.05) is 43.3 Å². The second kappa shape index (κ2) is 7.14. The van der Waals surface area contributed by atoms with E-state index in [0.717, 1.165) is 39.0 Å². The van der Waals surface area contributed by atoms with Gasteiger partial charge in [0.1, 0.15) is 0 Å². The molecule has 0 N–H and O–H groups in total. The molecule has 1 aromatic carbocycles. The molecule has 1 aliphatic rings. The Morgan fingerprint density at radius 1 is 1.13 bits per heavy atom. The first-order valence-corrected chi connectivity index (χ1v) is 8.74. The van der Waals surface area contributed by atoms with Crippen LogP contribution in [0.4, 0.5) is 0 Å². The minimum absolute atomic E-state index is 0.951. The zero-order valence-electron chi connectivity index (χ0n) is 14.5. The van der Waals surface area contributed by atoms with Crippen LogP contribution < -0.4 is 0 Å². The fourth-order valence-corrected chi connectivity index (χ4v) is 3.51. The summed E-state index contributed by atoms with van der Waals surface area (Å²) in [5.74, 6) is 0. The predicted octanol–water partition coefficient (Wildman–Crippen LogP) is 4.06. The highest BCUT2D eigenvalue weighted by molar-refractivity contribution is 5.70. The van der Waals surface area contributed by atoms with Crippen molar-refractivity contribution in [3.8, 4) is 0 Å². The molecule has 2 heterocycles. The van der Waals surface area contributed by atoms with Crippen LogP contribution in [0.25, 0.3) is 5.57 Å². The van der Waals surface area contributed by atoms with Gasteiger partial charge >= 0.3 is 0 Å². The van der Waals surface area contributed by atoms with Gasteiger partial charge in [0.2, 0.25) is 0 Å². The van der Waals surface area contributed by atoms with E-state index in [0.29, 0.717) is 0 Å². The fraction of sp³-hybridized carbons (Fsp3) is 0.450. The van der Waals surface area contributed by atoms with Gasteiger partial charge in [-0.15, -0.1) is 0 Å². The maximum Gasteiger partial charge on any atom is 0.0699 e. The van der Waals surface area contributed by atoms with Crippen LogP contribution in [-0.2, 0) is 19.5 Å². The van der Waals surface area contributed by atoms with Gasteiger partial charge in [0.25, 0.3) is 0 Å². The first-order chi connectivity index (χ1) is 11.2. The smallest absolute Gasteiger partial charge is 0.0699 e. The van der Waals surface area contributed by atoms with Crippen LogP contribution >= 0.6 is 0 Å². The summed E-state index contributed by atoms with van der Waals surface area (Å²) < 4.78 is 2.14. The van der Waals surface area contributed by atoms with E-state index in [1.165, 1.54) is 28.1 Å². The van der Waals surface area contributed by atoms with Gasteiger partial charge in [-0.05, 0) is 37.8 Å². The van der Waals surface area contributed by atoms with Crippen molar-refractivity contribution >= 4 is 5.57 Å². The Bertz CT molecular complexity index is 682. The SMILES string of the molecule is CCc1nn(CC)c(C)c1C1=CCN(Cc2ccccc2)CC1. The number of hydrogen-bond donors (Lipinski definition) is 0. The molecule has 1 aromatic heterocycles. The van der Waals surface area contributed by atoms with Gasteiger partial charge in [-0.3, -0.25) is 9.58 Å². The summed E-state index contributed by atoms with van der Waals surface area (Å²) in [5, 5.41) is 4.77. The lowest BCUT2D eigenvalue weighted by Crippen LogP contribution is -2.28. The molecule has 3 heteroatoms. The number of benzene rings is 1. The van der Waals surface area contributed by atoms with E-state index >= 15 is 0 Å². The predicted molar refractivity (Wildman–Crippen MR) is 96.3 cm³/mol. The molecule has 0 unspecified atom stereocenters. The summed E-state index contributed by atoms with van der Waals surface area (Å²) in [6, 6.07) is 10.7. The third kappa shape index (κ3) is 3.40. The van der Waals surface area contributed by atoms with E-state index in [4.69, 9.17) is 5.10 Å². The molecule has 3 nitrogen and oxygen atoms in total. The third-order valence-electron chi connectivity index (χ3n) is 4.78. The van der Waals surface area contributed by atoms with Gasteiger partial charge in [0, 0.05) is 37.4 Å². The number of hydrogen-bond acceptors (Lipinski definition) is 2. The van der Waals surface area contributed by atoms with E-state index in [1.807, 2.05) is 0 Å². The average Bonchev–Trinajstić information content (AvgIpc) is 2.92. The van der Waals surface area contributed by atoms with Crippen LogP contribution in [0.5, 0.6) is 0 Å². The van der Waals surface area contributed by atoms with Crippen molar-refractivity contribution in [2.24, 2.45) is 0 Å². The molecule has 0 amide bonds. The van der Waals surface area contributed by atoms with Gasteiger partial charge in [-0.25, -0.2) is 0 Å². The fourth-order valence-electron chi connectivity index (χ4n) is 3.51. The summed E-state index contributed by atoms with van der Waals surface area (Å²) >= 11 is 0. The van der Waals surface area contributed by atoms with Crippen molar-refractivity contribution in [2.75, 3.05) is 13.1 Å². The molecule has 0 fully saturated rings. The lowest BCUT2D eigenvalue weighted by atomic mass is 9.96. The van der Waals surface area contributed by atoms with Gasteiger partial charge in [0.05, 0.1) is 5.69 Å². The molecule has 23 heavy (non-hydrogen) atoms. The van der Waals surface area contributed by atoms with Crippen molar-refractivity contribution in [3.05, 3.63) is 58.9 Å². The van der Waals surface area contributed by atoms with Crippen LogP contribution in [0.2, 0.25) is 0 Å². The Hall–Kier alpha value is -1.87. The molecule has 2 aromatic rings. The minimum atomic E-state index is 0.951. The first-order valence-electron chi connectivity index (χ1n) is 8.74. The van der Waals surface area contributed by atoms with Crippen LogP contribution in [-0.4, -0.2) is 27.8 Å². The van der Waals surface area contributed by atoms with E-state index in [2.05, 4.69) is 66.8 Å². The van der Waals surface area contributed by atoms with Crippen molar-refractivity contribution in [2.45, 2.75) is 46.7 Å². The summed E-state index contributed by atoms with van der Waals surface area (Å²) in [4.78, 5) is 2.52. The Kier molecular flexibility index (Phi) is 4.97. The van der Waals surface area contributed by atoms with E-state index < -0.39 is 0 Å². The summed E-state index contributed by atoms with van der Waals surface area (Å²) in [7, 11) is 0. The molecule has 0 aliphatic carbocycles. The Labute approximate surface area is 139 Å². The van der Waals surface area contributed by atoms with Crippen molar-refractivity contribution < 1.29 is 0 Å². The van der Waals surface area contributed by atoms with E-state index in [9.17, 15) is 0 Å². The molecular formula is C20H27N3. The lowest BCUT2D eigenvalue weighted by molar-refractivity contribution is 0.294. The normalized spacial score (nSPS) is 15.7. The zero-order valence-corrected chi connectivity index (χ0v) is 14.5. The topological polar surface area (TPSA) is 21.1 Å². The van der Waals surface area contributed by atoms with Gasteiger partial charge in [-0.2, -0.15) is 5.10 Å². The van der Waals surface area contributed by atoms with Crippen LogP contribution in [0.1, 0.15) is 42.8 Å². The van der Waals surface area contributed by atoms with Crippen LogP contribution in [0.3, 0.4) is 0 Å². The molecule has 0 radical (unpaired) electrons. The Balaban J connectivity index is 1.75. The van der Waals surface area contributed by atoms with E-state index in [-0.39, 0.29) is 0 Å². The average molecular weight is 309 g/mol. The quantitative estimate of drug-likeness (QED) is 0.830. The zero-order chi connectivity index (χ0) is 16.2. The van der Waals surface area contributed by atoms with Crippen molar-refractivity contribution in [1.29, 1.82) is 0 Å². The van der Waals surface area contributed by atoms with Gasteiger partial charge in [0.15, 0.2) is 0 Å². The number of aromatic nitrogens is 2. The maximum absolute atomic E-state index is 4.77. The number of nitrogens with zero attached hydrogens (tertiary/aromatic N) is 3. The second-order valence-corrected chi connectivity index (χ2v) is 6.28. The van der Waals surface area contributed by atoms with Crippen molar-refractivity contribution in [3.63, 3.8) is 0 Å². The number of rotatable bonds is 5. The Morgan fingerprint density at radius 3 is 2.52 bits per heavy atom. The molecule has 0 saturated carbocycles. The Morgan fingerprint density at radius 2 is 1.91 bits per heavy atom. The minimum Gasteiger partial charge on any atom is -0.295 e. The molecular weight excluding hydrogens is 282 g/mol.